The van der Waals surface area contributed by atoms with Crippen LogP contribution in [0.4, 0.5) is 17.6 Å². The van der Waals surface area contributed by atoms with E-state index in [9.17, 15) is 32.7 Å². The quantitative estimate of drug-likeness (QED) is 0.200. The number of rotatable bonds is 11. The van der Waals surface area contributed by atoms with Crippen molar-refractivity contribution in [2.45, 2.75) is 63.4 Å². The Labute approximate surface area is 224 Å². The fourth-order valence-corrected chi connectivity index (χ4v) is 5.95. The number of aromatic nitrogens is 2. The van der Waals surface area contributed by atoms with Crippen molar-refractivity contribution < 1.29 is 46.0 Å². The van der Waals surface area contributed by atoms with E-state index in [2.05, 4.69) is 5.09 Å². The maximum Gasteiger partial charge on any atom is 0.330 e. The molecule has 1 aliphatic rings. The zero-order valence-corrected chi connectivity index (χ0v) is 22.5. The number of alkyl halides is 3. The van der Waals surface area contributed by atoms with Crippen LogP contribution in [0.2, 0.25) is 0 Å². The fraction of sp³-hybridized carbons (Fsp3) is 0.500. The number of esters is 1. The van der Waals surface area contributed by atoms with Gasteiger partial charge in [0.1, 0.15) is 17.9 Å². The number of nitrogens with zero attached hydrogens (tertiary/aromatic N) is 1. The van der Waals surface area contributed by atoms with Crippen molar-refractivity contribution in [3.05, 3.63) is 63.2 Å². The van der Waals surface area contributed by atoms with Gasteiger partial charge in [-0.05, 0) is 44.7 Å². The minimum Gasteiger partial charge on any atom is -0.462 e. The van der Waals surface area contributed by atoms with E-state index in [1.54, 1.807) is 37.0 Å². The Hall–Kier alpha value is -2.62. The zero-order chi connectivity index (χ0) is 29.1. The minimum absolute atomic E-state index is 0.126. The van der Waals surface area contributed by atoms with Gasteiger partial charge in [-0.25, -0.2) is 23.1 Å². The number of para-hydroxylation sites is 1. The third-order valence-corrected chi connectivity index (χ3v) is 7.93. The van der Waals surface area contributed by atoms with Crippen LogP contribution in [-0.2, 0) is 30.6 Å². The Bertz CT molecular complexity index is 1330. The van der Waals surface area contributed by atoms with E-state index >= 15 is 4.39 Å². The molecule has 0 amide bonds. The van der Waals surface area contributed by atoms with Gasteiger partial charge in [0.25, 0.3) is 12.0 Å². The number of H-pyrrole nitrogens is 1. The van der Waals surface area contributed by atoms with Crippen LogP contribution < -0.4 is 20.9 Å². The van der Waals surface area contributed by atoms with Crippen LogP contribution in [0, 0.1) is 5.82 Å². The maximum absolute atomic E-state index is 15.3. The molecule has 1 fully saturated rings. The van der Waals surface area contributed by atoms with Gasteiger partial charge in [-0.1, -0.05) is 18.2 Å². The summed E-state index contributed by atoms with van der Waals surface area (Å²) in [5.41, 5.74) is -5.98. The lowest BCUT2D eigenvalue weighted by molar-refractivity contribution is -0.182. The number of aliphatic hydroxyl groups is 1. The van der Waals surface area contributed by atoms with Crippen LogP contribution in [0.3, 0.4) is 0 Å². The summed E-state index contributed by atoms with van der Waals surface area (Å²) in [6, 6.07) is 6.58. The number of aliphatic hydroxyl groups excluding tert-OH is 1. The van der Waals surface area contributed by atoms with Gasteiger partial charge < -0.3 is 23.6 Å². The first-order valence-electron chi connectivity index (χ1n) is 11.5. The molecule has 6 unspecified atom stereocenters. The van der Waals surface area contributed by atoms with Crippen LogP contribution in [0.25, 0.3) is 0 Å². The molecule has 1 saturated heterocycles. The molecular weight excluding hydrogens is 573 g/mol. The highest BCUT2D eigenvalue weighted by molar-refractivity contribution is 8.09. The van der Waals surface area contributed by atoms with Crippen molar-refractivity contribution in [3.8, 4) is 5.75 Å². The number of aromatic amines is 1. The van der Waals surface area contributed by atoms with Gasteiger partial charge >= 0.3 is 18.3 Å². The summed E-state index contributed by atoms with van der Waals surface area (Å²) in [6.07, 6.45) is -11.3. The molecule has 3 rings (SSSR count). The lowest BCUT2D eigenvalue weighted by Crippen LogP contribution is -2.51. The molecule has 1 aliphatic heterocycles. The number of hydrogen-bond acceptors (Lipinski definition) is 9. The summed E-state index contributed by atoms with van der Waals surface area (Å²) in [5, 5.41) is 13.0. The minimum atomic E-state index is -3.95. The lowest BCUT2D eigenvalue weighted by atomic mass is 9.98. The second-order valence-electron chi connectivity index (χ2n) is 8.81. The maximum atomic E-state index is 15.3. The van der Waals surface area contributed by atoms with Crippen LogP contribution in [0.15, 0.2) is 46.1 Å². The number of hydrogen-bond donors (Lipinski definition) is 3. The smallest absolute Gasteiger partial charge is 0.330 e. The van der Waals surface area contributed by atoms with Crippen molar-refractivity contribution in [1.82, 2.24) is 14.6 Å². The largest absolute Gasteiger partial charge is 0.462 e. The molecule has 1 aromatic carbocycles. The molecule has 0 saturated carbocycles. The summed E-state index contributed by atoms with van der Waals surface area (Å²) in [5.74, 6) is -2.15. The Morgan fingerprint density at radius 3 is 2.51 bits per heavy atom. The molecule has 2 heterocycles. The van der Waals surface area contributed by atoms with Crippen LogP contribution in [0.1, 0.15) is 27.0 Å². The number of halogens is 4. The first-order valence-corrected chi connectivity index (χ1v) is 14.1. The SMILES string of the molecule is CC(C)OC(=O)C(C)NP(=S)(OCC1(C(F)F)OC(n2cc(F)c(=O)[nH]c2=O)C(O)C1F)Oc1ccccc1. The highest BCUT2D eigenvalue weighted by Gasteiger charge is 2.62. The van der Waals surface area contributed by atoms with Gasteiger partial charge in [-0.2, -0.15) is 4.39 Å². The summed E-state index contributed by atoms with van der Waals surface area (Å²) in [6.45, 7) is -0.720. The standard InChI is InChI=1S/C22H26F4N3O8PS/c1-11(2)35-19(32)12(3)28-38(39,37-13-7-5-4-6-8-13)34-10-22(20(25)26)16(24)15(30)18(36-22)29-9-14(23)17(31)27-21(29)33/h4-9,11-12,15-16,18,20,30H,10H2,1-3H3,(H,28,39)(H,27,31,33). The highest BCUT2D eigenvalue weighted by Crippen LogP contribution is 2.50. The van der Waals surface area contributed by atoms with E-state index in [-0.39, 0.29) is 16.5 Å². The highest BCUT2D eigenvalue weighted by atomic mass is 32.5. The van der Waals surface area contributed by atoms with Crippen LogP contribution >= 0.6 is 6.64 Å². The van der Waals surface area contributed by atoms with Gasteiger partial charge in [0, 0.05) is 0 Å². The van der Waals surface area contributed by atoms with Gasteiger partial charge in [0.05, 0.1) is 18.9 Å². The predicted octanol–water partition coefficient (Wildman–Crippen LogP) is 2.16. The molecule has 0 spiro atoms. The van der Waals surface area contributed by atoms with E-state index in [0.717, 1.165) is 0 Å². The van der Waals surface area contributed by atoms with E-state index in [1.165, 1.54) is 19.1 Å². The number of ether oxygens (including phenoxy) is 2. The fourth-order valence-electron chi connectivity index (χ4n) is 3.53. The summed E-state index contributed by atoms with van der Waals surface area (Å²) in [4.78, 5) is 37.3. The third kappa shape index (κ3) is 6.94. The Balaban J connectivity index is 1.92. The van der Waals surface area contributed by atoms with Crippen molar-refractivity contribution in [1.29, 1.82) is 0 Å². The second kappa shape index (κ2) is 12.3. The molecule has 39 heavy (non-hydrogen) atoms. The number of benzene rings is 1. The van der Waals surface area contributed by atoms with Gasteiger partial charge in [0.15, 0.2) is 18.0 Å². The van der Waals surface area contributed by atoms with Gasteiger partial charge in [-0.15, -0.1) is 0 Å². The molecule has 0 radical (unpaired) electrons. The van der Waals surface area contributed by atoms with E-state index in [1.807, 2.05) is 0 Å². The molecule has 17 heteroatoms. The van der Waals surface area contributed by atoms with E-state index in [0.29, 0.717) is 0 Å². The summed E-state index contributed by atoms with van der Waals surface area (Å²) in [7, 11) is 0. The van der Waals surface area contributed by atoms with Crippen molar-refractivity contribution in [2.24, 2.45) is 0 Å². The number of nitrogens with one attached hydrogen (secondary N) is 2. The molecule has 0 aliphatic carbocycles. The number of carbonyl (C=O) groups is 1. The average molecular weight is 599 g/mol. The van der Waals surface area contributed by atoms with Crippen molar-refractivity contribution in [2.75, 3.05) is 6.61 Å². The van der Waals surface area contributed by atoms with E-state index < -0.39 is 79.0 Å². The second-order valence-corrected chi connectivity index (χ2v) is 11.9. The Morgan fingerprint density at radius 2 is 1.92 bits per heavy atom. The molecule has 216 valence electrons. The monoisotopic (exact) mass is 599 g/mol. The normalized spacial score (nSPS) is 25.4. The third-order valence-electron chi connectivity index (χ3n) is 5.45. The molecule has 11 nitrogen and oxygen atoms in total. The van der Waals surface area contributed by atoms with Crippen LogP contribution in [-0.4, -0.2) is 63.7 Å². The van der Waals surface area contributed by atoms with Crippen molar-refractivity contribution >= 4 is 24.4 Å². The Morgan fingerprint density at radius 1 is 1.28 bits per heavy atom. The van der Waals surface area contributed by atoms with Crippen LogP contribution in [0.5, 0.6) is 5.75 Å². The number of carbonyl (C=O) groups excluding carboxylic acids is 1. The molecule has 6 atom stereocenters. The van der Waals surface area contributed by atoms with Crippen molar-refractivity contribution in [3.63, 3.8) is 0 Å². The van der Waals surface area contributed by atoms with Gasteiger partial charge in [-0.3, -0.25) is 19.1 Å². The Kier molecular flexibility index (Phi) is 9.73. The molecule has 3 N–H and O–H groups in total. The average Bonchev–Trinajstić information content (AvgIpc) is 3.11. The predicted molar refractivity (Wildman–Crippen MR) is 132 cm³/mol. The summed E-state index contributed by atoms with van der Waals surface area (Å²) >= 11 is 5.42. The van der Waals surface area contributed by atoms with E-state index in [4.69, 9.17) is 30.3 Å². The molecular formula is C22H26F4N3O8PS. The topological polar surface area (TPSA) is 141 Å². The first-order chi connectivity index (χ1) is 18.2. The first kappa shape index (κ1) is 30.9. The molecule has 0 bridgehead atoms. The summed E-state index contributed by atoms with van der Waals surface area (Å²) < 4.78 is 79.4. The van der Waals surface area contributed by atoms with Gasteiger partial charge in [0.2, 0.25) is 5.82 Å². The molecule has 2 aromatic rings. The molecule has 1 aromatic heterocycles. The lowest BCUT2D eigenvalue weighted by Gasteiger charge is -2.33. The zero-order valence-electron chi connectivity index (χ0n) is 20.8.